The molecule has 16 heavy (non-hydrogen) atoms. The van der Waals surface area contributed by atoms with E-state index < -0.39 is 0 Å². The van der Waals surface area contributed by atoms with Crippen LogP contribution in [0.5, 0.6) is 0 Å². The smallest absolute Gasteiger partial charge is 0.129 e. The van der Waals surface area contributed by atoms with Crippen molar-refractivity contribution in [1.82, 2.24) is 0 Å². The number of thiophene rings is 1. The molecule has 0 aliphatic carbocycles. The maximum absolute atomic E-state index is 6.17. The van der Waals surface area contributed by atoms with Gasteiger partial charge in [-0.1, -0.05) is 6.92 Å². The highest BCUT2D eigenvalue weighted by Gasteiger charge is 2.39. The van der Waals surface area contributed by atoms with E-state index in [0.717, 1.165) is 6.42 Å². The molecule has 1 aromatic rings. The van der Waals surface area contributed by atoms with E-state index in [0.29, 0.717) is 5.25 Å². The van der Waals surface area contributed by atoms with Gasteiger partial charge in [0.1, 0.15) is 11.4 Å². The predicted octanol–water partition coefficient (Wildman–Crippen LogP) is 4.52. The zero-order valence-electron chi connectivity index (χ0n) is 10.1. The number of thioether (sulfide) groups is 1. The highest BCUT2D eigenvalue weighted by atomic mass is 32.2. The van der Waals surface area contributed by atoms with Crippen LogP contribution in [-0.2, 0) is 10.3 Å². The Labute approximate surface area is 105 Å². The van der Waals surface area contributed by atoms with Crippen LogP contribution in [0.3, 0.4) is 0 Å². The van der Waals surface area contributed by atoms with Gasteiger partial charge >= 0.3 is 0 Å². The van der Waals surface area contributed by atoms with Crippen molar-refractivity contribution in [3.63, 3.8) is 0 Å². The van der Waals surface area contributed by atoms with Crippen LogP contribution < -0.4 is 0 Å². The maximum atomic E-state index is 6.17. The number of aryl methyl sites for hydroxylation is 1. The molecule has 3 heteroatoms. The second-order valence-corrected chi connectivity index (χ2v) is 7.80. The lowest BCUT2D eigenvalue weighted by Gasteiger charge is -2.32. The van der Waals surface area contributed by atoms with Crippen molar-refractivity contribution in [2.24, 2.45) is 0 Å². The first-order valence-corrected chi connectivity index (χ1v) is 7.37. The molecule has 3 heterocycles. The van der Waals surface area contributed by atoms with E-state index in [4.69, 9.17) is 4.74 Å². The Kier molecular flexibility index (Phi) is 2.21. The summed E-state index contributed by atoms with van der Waals surface area (Å²) in [6.07, 6.45) is 1.08. The van der Waals surface area contributed by atoms with Crippen LogP contribution in [0.25, 0.3) is 4.91 Å². The van der Waals surface area contributed by atoms with Crippen molar-refractivity contribution < 1.29 is 4.74 Å². The lowest BCUT2D eigenvalue weighted by atomic mass is 9.95. The normalized spacial score (nSPS) is 26.4. The van der Waals surface area contributed by atoms with Crippen molar-refractivity contribution in [3.8, 4) is 0 Å². The fourth-order valence-electron chi connectivity index (χ4n) is 2.42. The van der Waals surface area contributed by atoms with Gasteiger partial charge < -0.3 is 4.74 Å². The molecule has 0 N–H and O–H groups in total. The third-order valence-corrected chi connectivity index (χ3v) is 5.57. The molecule has 0 saturated carbocycles. The molecule has 0 aromatic carbocycles. The molecule has 2 aliphatic heterocycles. The first-order chi connectivity index (χ1) is 7.47. The van der Waals surface area contributed by atoms with Gasteiger partial charge in [-0.3, -0.25) is 0 Å². The van der Waals surface area contributed by atoms with Crippen molar-refractivity contribution in [1.29, 1.82) is 0 Å². The van der Waals surface area contributed by atoms with Crippen LogP contribution in [0.2, 0.25) is 0 Å². The number of rotatable bonds is 0. The Morgan fingerprint density at radius 2 is 2.19 bits per heavy atom. The third kappa shape index (κ3) is 1.45. The molecule has 0 spiro atoms. The predicted molar refractivity (Wildman–Crippen MR) is 71.8 cm³/mol. The highest BCUT2D eigenvalue weighted by Crippen LogP contribution is 2.54. The third-order valence-electron chi connectivity index (χ3n) is 3.13. The standard InChI is InChI=1S/C13H16OS2/c1-7-5-9-11(15-7)12-10(6-8(2)16-12)14-13(9,3)4/h5,8H,6H2,1-4H3. The summed E-state index contributed by atoms with van der Waals surface area (Å²) >= 11 is 3.88. The Bertz CT molecular complexity index is 482. The summed E-state index contributed by atoms with van der Waals surface area (Å²) in [6, 6.07) is 2.29. The van der Waals surface area contributed by atoms with Crippen LogP contribution in [0.4, 0.5) is 0 Å². The van der Waals surface area contributed by atoms with Crippen molar-refractivity contribution in [2.75, 3.05) is 0 Å². The second kappa shape index (κ2) is 3.30. The van der Waals surface area contributed by atoms with Gasteiger partial charge in [-0.2, -0.15) is 0 Å². The second-order valence-electron chi connectivity index (χ2n) is 5.10. The van der Waals surface area contributed by atoms with Gasteiger partial charge in [0.15, 0.2) is 0 Å². The van der Waals surface area contributed by atoms with Crippen molar-refractivity contribution >= 4 is 28.0 Å². The van der Waals surface area contributed by atoms with Gasteiger partial charge in [0, 0.05) is 22.1 Å². The fraction of sp³-hybridized carbons (Fsp3) is 0.538. The van der Waals surface area contributed by atoms with E-state index in [1.54, 1.807) is 0 Å². The summed E-state index contributed by atoms with van der Waals surface area (Å²) < 4.78 is 6.17. The van der Waals surface area contributed by atoms with E-state index in [1.165, 1.54) is 26.0 Å². The average Bonchev–Trinajstić information content (AvgIpc) is 2.68. The Hall–Kier alpha value is -0.410. The van der Waals surface area contributed by atoms with Crippen LogP contribution in [0.1, 0.15) is 42.5 Å². The van der Waals surface area contributed by atoms with Gasteiger partial charge in [-0.15, -0.1) is 23.1 Å². The van der Waals surface area contributed by atoms with E-state index in [1.807, 2.05) is 23.1 Å². The Morgan fingerprint density at radius 3 is 2.94 bits per heavy atom. The van der Waals surface area contributed by atoms with Crippen LogP contribution >= 0.6 is 23.1 Å². The number of allylic oxidation sites excluding steroid dienone is 1. The molecular weight excluding hydrogens is 236 g/mol. The van der Waals surface area contributed by atoms with Crippen molar-refractivity contribution in [3.05, 3.63) is 27.1 Å². The lowest BCUT2D eigenvalue weighted by molar-refractivity contribution is 0.0259. The minimum Gasteiger partial charge on any atom is -0.486 e. The van der Waals surface area contributed by atoms with Gasteiger partial charge in [0.2, 0.25) is 0 Å². The Balaban J connectivity index is 2.18. The van der Waals surface area contributed by atoms with E-state index >= 15 is 0 Å². The van der Waals surface area contributed by atoms with Crippen LogP contribution in [0, 0.1) is 6.92 Å². The number of hydrogen-bond acceptors (Lipinski definition) is 3. The number of hydrogen-bond donors (Lipinski definition) is 0. The van der Waals surface area contributed by atoms with Crippen molar-refractivity contribution in [2.45, 2.75) is 45.0 Å². The number of ether oxygens (including phenoxy) is 1. The molecule has 0 amide bonds. The van der Waals surface area contributed by atoms with Gasteiger partial charge in [-0.25, -0.2) is 0 Å². The molecule has 1 atom stereocenters. The molecule has 0 radical (unpaired) electrons. The molecular formula is C13H16OS2. The Morgan fingerprint density at radius 1 is 1.44 bits per heavy atom. The molecule has 1 unspecified atom stereocenters. The van der Waals surface area contributed by atoms with E-state index in [9.17, 15) is 0 Å². The SMILES string of the molecule is Cc1cc2c(s1)C1=C(CC(C)S1)OC2(C)C. The summed E-state index contributed by atoms with van der Waals surface area (Å²) in [5.41, 5.74) is 1.22. The summed E-state index contributed by atoms with van der Waals surface area (Å²) in [6.45, 7) is 8.81. The molecule has 0 fully saturated rings. The van der Waals surface area contributed by atoms with Crippen LogP contribution in [0.15, 0.2) is 11.8 Å². The molecule has 0 saturated heterocycles. The van der Waals surface area contributed by atoms with Crippen LogP contribution in [-0.4, -0.2) is 5.25 Å². The van der Waals surface area contributed by atoms with E-state index in [2.05, 4.69) is 33.8 Å². The molecule has 3 rings (SSSR count). The molecule has 1 nitrogen and oxygen atoms in total. The summed E-state index contributed by atoms with van der Waals surface area (Å²) in [5.74, 6) is 1.22. The van der Waals surface area contributed by atoms with Gasteiger partial charge in [0.25, 0.3) is 0 Å². The zero-order valence-corrected chi connectivity index (χ0v) is 11.7. The zero-order chi connectivity index (χ0) is 11.5. The minimum absolute atomic E-state index is 0.149. The summed E-state index contributed by atoms with van der Waals surface area (Å²) in [7, 11) is 0. The van der Waals surface area contributed by atoms with Gasteiger partial charge in [-0.05, 0) is 26.8 Å². The maximum Gasteiger partial charge on any atom is 0.129 e. The van der Waals surface area contributed by atoms with Gasteiger partial charge in [0.05, 0.1) is 9.78 Å². The molecule has 86 valence electrons. The summed E-state index contributed by atoms with van der Waals surface area (Å²) in [4.78, 5) is 4.24. The average molecular weight is 252 g/mol. The number of fused-ring (bicyclic) bond motifs is 2. The highest BCUT2D eigenvalue weighted by molar-refractivity contribution is 8.09. The summed E-state index contributed by atoms with van der Waals surface area (Å²) in [5, 5.41) is 0.661. The van der Waals surface area contributed by atoms with E-state index in [-0.39, 0.29) is 5.60 Å². The first kappa shape index (κ1) is 10.7. The first-order valence-electron chi connectivity index (χ1n) is 5.67. The largest absolute Gasteiger partial charge is 0.486 e. The minimum atomic E-state index is -0.149. The topological polar surface area (TPSA) is 9.23 Å². The quantitative estimate of drug-likeness (QED) is 0.671. The lowest BCUT2D eigenvalue weighted by Crippen LogP contribution is -2.24. The fourth-order valence-corrected chi connectivity index (χ4v) is 4.92. The molecule has 1 aromatic heterocycles. The molecule has 0 bridgehead atoms. The monoisotopic (exact) mass is 252 g/mol. The molecule has 2 aliphatic rings.